The second-order valence-corrected chi connectivity index (χ2v) is 9.47. The van der Waals surface area contributed by atoms with E-state index in [1.165, 1.54) is 5.56 Å². The summed E-state index contributed by atoms with van der Waals surface area (Å²) in [5, 5.41) is 0. The van der Waals surface area contributed by atoms with Crippen LogP contribution in [0.3, 0.4) is 0 Å². The maximum absolute atomic E-state index is 12.4. The number of carbonyl (C=O) groups is 1. The smallest absolute Gasteiger partial charge is 0.309 e. The molecule has 1 aliphatic heterocycles. The molecule has 3 rings (SSSR count). The van der Waals surface area contributed by atoms with Crippen LogP contribution >= 0.6 is 15.9 Å². The standard InChI is InChI=1S/C21H31BrN2O4/c1-21(2,3)28-20(25)16-5-4-6-17(13-16)27-19-12-15(11-18(22)23-19)14-24-7-9-26-10-8-24/h11-12,16-17H,4-10,13-14H2,1-3H3/t16?,17-/m0/s1. The van der Waals surface area contributed by atoms with Crippen molar-refractivity contribution < 1.29 is 19.0 Å². The quantitative estimate of drug-likeness (QED) is 0.495. The van der Waals surface area contributed by atoms with Crippen LogP contribution in [0.5, 0.6) is 5.88 Å². The Bertz CT molecular complexity index is 671. The SMILES string of the molecule is CC(C)(C)OC(=O)C1CCC[C@H](Oc2cc(CN3CCOCC3)cc(Br)n2)C1. The molecule has 6 nitrogen and oxygen atoms in total. The lowest BCUT2D eigenvalue weighted by Gasteiger charge is -2.30. The van der Waals surface area contributed by atoms with Crippen molar-refractivity contribution in [3.63, 3.8) is 0 Å². The molecule has 2 fully saturated rings. The third-order valence-electron chi connectivity index (χ3n) is 4.99. The van der Waals surface area contributed by atoms with Gasteiger partial charge < -0.3 is 14.2 Å². The molecule has 28 heavy (non-hydrogen) atoms. The number of rotatable bonds is 5. The maximum atomic E-state index is 12.4. The summed E-state index contributed by atoms with van der Waals surface area (Å²) in [4.78, 5) is 19.3. The Hall–Kier alpha value is -1.18. The zero-order valence-electron chi connectivity index (χ0n) is 17.1. The Kier molecular flexibility index (Phi) is 7.34. The fourth-order valence-electron chi connectivity index (χ4n) is 3.71. The Morgan fingerprint density at radius 3 is 2.75 bits per heavy atom. The van der Waals surface area contributed by atoms with Crippen LogP contribution in [0.15, 0.2) is 16.7 Å². The van der Waals surface area contributed by atoms with E-state index in [0.717, 1.165) is 56.7 Å². The number of hydrogen-bond donors (Lipinski definition) is 0. The van der Waals surface area contributed by atoms with Crippen molar-refractivity contribution >= 4 is 21.9 Å². The fourth-order valence-corrected chi connectivity index (χ4v) is 4.18. The normalized spacial score (nSPS) is 24.0. The molecule has 1 aromatic rings. The summed E-state index contributed by atoms with van der Waals surface area (Å²) in [6.45, 7) is 10.0. The van der Waals surface area contributed by atoms with Crippen molar-refractivity contribution in [2.24, 2.45) is 5.92 Å². The second kappa shape index (κ2) is 9.55. The van der Waals surface area contributed by atoms with Crippen molar-refractivity contribution in [3.05, 3.63) is 22.3 Å². The van der Waals surface area contributed by atoms with Crippen LogP contribution in [0, 0.1) is 5.92 Å². The molecule has 0 bridgehead atoms. The Morgan fingerprint density at radius 1 is 1.29 bits per heavy atom. The average Bonchev–Trinajstić information content (AvgIpc) is 2.61. The monoisotopic (exact) mass is 454 g/mol. The molecule has 0 amide bonds. The van der Waals surface area contributed by atoms with E-state index in [0.29, 0.717) is 12.3 Å². The van der Waals surface area contributed by atoms with E-state index >= 15 is 0 Å². The van der Waals surface area contributed by atoms with Gasteiger partial charge in [-0.25, -0.2) is 4.98 Å². The lowest BCUT2D eigenvalue weighted by Crippen LogP contribution is -2.35. The van der Waals surface area contributed by atoms with E-state index in [1.54, 1.807) is 0 Å². The third kappa shape index (κ3) is 6.71. The van der Waals surface area contributed by atoms with Gasteiger partial charge in [0.1, 0.15) is 16.3 Å². The molecule has 1 aromatic heterocycles. The van der Waals surface area contributed by atoms with Gasteiger partial charge in [0.05, 0.1) is 19.1 Å². The van der Waals surface area contributed by atoms with Crippen molar-refractivity contribution in [3.8, 4) is 5.88 Å². The van der Waals surface area contributed by atoms with Crippen LogP contribution in [0.2, 0.25) is 0 Å². The summed E-state index contributed by atoms with van der Waals surface area (Å²) in [5.41, 5.74) is 0.712. The minimum Gasteiger partial charge on any atom is -0.474 e. The predicted octanol–water partition coefficient (Wildman–Crippen LogP) is 3.96. The molecule has 2 aliphatic rings. The van der Waals surface area contributed by atoms with E-state index in [4.69, 9.17) is 14.2 Å². The van der Waals surface area contributed by atoms with Gasteiger partial charge in [0, 0.05) is 25.7 Å². The predicted molar refractivity (Wildman–Crippen MR) is 110 cm³/mol. The largest absolute Gasteiger partial charge is 0.474 e. The van der Waals surface area contributed by atoms with Crippen molar-refractivity contribution in [1.82, 2.24) is 9.88 Å². The minimum atomic E-state index is -0.453. The third-order valence-corrected chi connectivity index (χ3v) is 5.40. The van der Waals surface area contributed by atoms with Gasteiger partial charge in [-0.05, 0) is 74.0 Å². The summed E-state index contributed by atoms with van der Waals surface area (Å²) in [5.74, 6) is 0.404. The molecule has 156 valence electrons. The van der Waals surface area contributed by atoms with Crippen LogP contribution in [-0.4, -0.2) is 53.9 Å². The molecular weight excluding hydrogens is 424 g/mol. The Morgan fingerprint density at radius 2 is 2.04 bits per heavy atom. The van der Waals surface area contributed by atoms with Gasteiger partial charge in [0.25, 0.3) is 0 Å². The highest BCUT2D eigenvalue weighted by Crippen LogP contribution is 2.30. The van der Waals surface area contributed by atoms with E-state index in [-0.39, 0.29) is 18.0 Å². The van der Waals surface area contributed by atoms with Gasteiger partial charge >= 0.3 is 5.97 Å². The van der Waals surface area contributed by atoms with Gasteiger partial charge in [-0.15, -0.1) is 0 Å². The van der Waals surface area contributed by atoms with Crippen LogP contribution in [0.1, 0.15) is 52.0 Å². The molecule has 1 saturated carbocycles. The Balaban J connectivity index is 1.60. The van der Waals surface area contributed by atoms with Crippen LogP contribution in [0.25, 0.3) is 0 Å². The number of carbonyl (C=O) groups excluding carboxylic acids is 1. The molecule has 1 saturated heterocycles. The number of morpholine rings is 1. The minimum absolute atomic E-state index is 0.00990. The van der Waals surface area contributed by atoms with Crippen LogP contribution < -0.4 is 4.74 Å². The summed E-state index contributed by atoms with van der Waals surface area (Å²) in [6, 6.07) is 4.05. The number of aromatic nitrogens is 1. The first-order valence-electron chi connectivity index (χ1n) is 10.1. The zero-order chi connectivity index (χ0) is 20.1. The van der Waals surface area contributed by atoms with E-state index in [2.05, 4.69) is 25.8 Å². The van der Waals surface area contributed by atoms with E-state index in [9.17, 15) is 4.79 Å². The number of nitrogens with zero attached hydrogens (tertiary/aromatic N) is 2. The van der Waals surface area contributed by atoms with Gasteiger partial charge in [0.15, 0.2) is 0 Å². The molecule has 7 heteroatoms. The summed E-state index contributed by atoms with van der Waals surface area (Å²) >= 11 is 3.50. The summed E-state index contributed by atoms with van der Waals surface area (Å²) < 4.78 is 17.9. The number of hydrogen-bond acceptors (Lipinski definition) is 6. The lowest BCUT2D eigenvalue weighted by molar-refractivity contribution is -0.162. The second-order valence-electron chi connectivity index (χ2n) is 8.66. The van der Waals surface area contributed by atoms with Crippen LogP contribution in [-0.2, 0) is 20.8 Å². The zero-order valence-corrected chi connectivity index (χ0v) is 18.7. The highest BCUT2D eigenvalue weighted by molar-refractivity contribution is 9.10. The van der Waals surface area contributed by atoms with E-state index in [1.807, 2.05) is 32.9 Å². The first kappa shape index (κ1) is 21.5. The number of esters is 1. The highest BCUT2D eigenvalue weighted by atomic mass is 79.9. The molecule has 0 radical (unpaired) electrons. The van der Waals surface area contributed by atoms with Crippen molar-refractivity contribution in [2.75, 3.05) is 26.3 Å². The van der Waals surface area contributed by atoms with Gasteiger partial charge in [-0.2, -0.15) is 0 Å². The van der Waals surface area contributed by atoms with Crippen molar-refractivity contribution in [1.29, 1.82) is 0 Å². The van der Waals surface area contributed by atoms with Gasteiger partial charge in [-0.1, -0.05) is 0 Å². The van der Waals surface area contributed by atoms with Gasteiger partial charge in [-0.3, -0.25) is 9.69 Å². The first-order chi connectivity index (χ1) is 13.3. The van der Waals surface area contributed by atoms with E-state index < -0.39 is 5.60 Å². The Labute approximate surface area is 176 Å². The highest BCUT2D eigenvalue weighted by Gasteiger charge is 2.32. The van der Waals surface area contributed by atoms with Gasteiger partial charge in [0.2, 0.25) is 5.88 Å². The topological polar surface area (TPSA) is 60.9 Å². The average molecular weight is 455 g/mol. The summed E-state index contributed by atoms with van der Waals surface area (Å²) in [7, 11) is 0. The molecule has 0 spiro atoms. The van der Waals surface area contributed by atoms with Crippen LogP contribution in [0.4, 0.5) is 0 Å². The number of halogens is 1. The molecule has 2 atom stereocenters. The molecule has 1 aliphatic carbocycles. The fraction of sp³-hybridized carbons (Fsp3) is 0.714. The summed E-state index contributed by atoms with van der Waals surface area (Å²) in [6.07, 6.45) is 3.43. The molecular formula is C21H31BrN2O4. The number of pyridine rings is 1. The molecule has 2 heterocycles. The maximum Gasteiger partial charge on any atom is 0.309 e. The first-order valence-corrected chi connectivity index (χ1v) is 10.9. The molecule has 0 aromatic carbocycles. The molecule has 0 N–H and O–H groups in total. The molecule has 1 unspecified atom stereocenters. The number of ether oxygens (including phenoxy) is 3. The lowest BCUT2D eigenvalue weighted by atomic mass is 9.87. The van der Waals surface area contributed by atoms with Crippen molar-refractivity contribution in [2.45, 2.75) is 64.7 Å².